The lowest BCUT2D eigenvalue weighted by Gasteiger charge is -2.02. The molecule has 0 spiro atoms. The van der Waals surface area contributed by atoms with Crippen LogP contribution in [0.15, 0.2) is 18.5 Å². The second kappa shape index (κ2) is 3.64. The molecular weight excluding hydrogens is 197 g/mol. The summed E-state index contributed by atoms with van der Waals surface area (Å²) in [5.41, 5.74) is 0.603. The van der Waals surface area contributed by atoms with Crippen LogP contribution >= 0.6 is 0 Å². The normalized spacial score (nSPS) is 10.3. The van der Waals surface area contributed by atoms with Crippen LogP contribution in [0.4, 0.5) is 10.3 Å². The first-order chi connectivity index (χ1) is 7.22. The largest absolute Gasteiger partial charge is 0.357 e. The standard InChI is InChI=1S/C9H10FN5/c1-11-9-14-13-8(15(9)2)6-3-7(10)5-12-4-6/h3-5H,1-2H3,(H,11,14). The van der Waals surface area contributed by atoms with Crippen molar-refractivity contribution in [3.8, 4) is 11.4 Å². The van der Waals surface area contributed by atoms with Crippen LogP contribution in [0.1, 0.15) is 0 Å². The van der Waals surface area contributed by atoms with Gasteiger partial charge in [0.15, 0.2) is 5.82 Å². The molecule has 0 fully saturated rings. The predicted molar refractivity (Wildman–Crippen MR) is 53.7 cm³/mol. The number of aromatic nitrogens is 4. The second-order valence-electron chi connectivity index (χ2n) is 3.05. The molecule has 0 amide bonds. The Hall–Kier alpha value is -1.98. The van der Waals surface area contributed by atoms with Gasteiger partial charge in [-0.3, -0.25) is 9.55 Å². The molecule has 6 heteroatoms. The first-order valence-corrected chi connectivity index (χ1v) is 4.40. The molecule has 0 bridgehead atoms. The van der Waals surface area contributed by atoms with Gasteiger partial charge in [-0.05, 0) is 6.07 Å². The molecule has 5 nitrogen and oxygen atoms in total. The van der Waals surface area contributed by atoms with Crippen molar-refractivity contribution in [3.05, 3.63) is 24.3 Å². The lowest BCUT2D eigenvalue weighted by atomic mass is 10.2. The first kappa shape index (κ1) is 9.57. The Morgan fingerprint density at radius 1 is 1.33 bits per heavy atom. The van der Waals surface area contributed by atoms with Crippen molar-refractivity contribution in [2.24, 2.45) is 7.05 Å². The second-order valence-corrected chi connectivity index (χ2v) is 3.05. The highest BCUT2D eigenvalue weighted by atomic mass is 19.1. The van der Waals surface area contributed by atoms with E-state index in [0.29, 0.717) is 17.3 Å². The van der Waals surface area contributed by atoms with E-state index >= 15 is 0 Å². The van der Waals surface area contributed by atoms with Gasteiger partial charge in [0.1, 0.15) is 5.82 Å². The van der Waals surface area contributed by atoms with Crippen molar-refractivity contribution in [2.75, 3.05) is 12.4 Å². The summed E-state index contributed by atoms with van der Waals surface area (Å²) in [6.45, 7) is 0. The monoisotopic (exact) mass is 207 g/mol. The molecule has 1 N–H and O–H groups in total. The molecule has 2 heterocycles. The SMILES string of the molecule is CNc1nnc(-c2cncc(F)c2)n1C. The average molecular weight is 207 g/mol. The van der Waals surface area contributed by atoms with E-state index in [-0.39, 0.29) is 5.82 Å². The summed E-state index contributed by atoms with van der Waals surface area (Å²) in [4.78, 5) is 3.76. The quantitative estimate of drug-likeness (QED) is 0.800. The molecule has 2 rings (SSSR count). The van der Waals surface area contributed by atoms with Crippen molar-refractivity contribution in [2.45, 2.75) is 0 Å². The molecule has 2 aromatic rings. The maximum atomic E-state index is 12.9. The Morgan fingerprint density at radius 3 is 2.73 bits per heavy atom. The van der Waals surface area contributed by atoms with Gasteiger partial charge in [0.25, 0.3) is 0 Å². The zero-order chi connectivity index (χ0) is 10.8. The third kappa shape index (κ3) is 1.65. The van der Waals surface area contributed by atoms with Gasteiger partial charge in [0, 0.05) is 25.9 Å². The number of rotatable bonds is 2. The van der Waals surface area contributed by atoms with Crippen molar-refractivity contribution in [1.82, 2.24) is 19.7 Å². The van der Waals surface area contributed by atoms with Crippen molar-refractivity contribution in [1.29, 1.82) is 0 Å². The van der Waals surface area contributed by atoms with Crippen LogP contribution in [0.25, 0.3) is 11.4 Å². The molecule has 0 aliphatic carbocycles. The van der Waals surface area contributed by atoms with E-state index in [1.54, 1.807) is 24.9 Å². The van der Waals surface area contributed by atoms with Gasteiger partial charge in [-0.1, -0.05) is 0 Å². The Bertz CT molecular complexity index is 479. The molecule has 0 radical (unpaired) electrons. The van der Waals surface area contributed by atoms with Crippen molar-refractivity contribution in [3.63, 3.8) is 0 Å². The minimum absolute atomic E-state index is 0.387. The number of hydrogen-bond acceptors (Lipinski definition) is 4. The fourth-order valence-corrected chi connectivity index (χ4v) is 1.33. The number of nitrogens with one attached hydrogen (secondary N) is 1. The van der Waals surface area contributed by atoms with E-state index in [0.717, 1.165) is 6.20 Å². The van der Waals surface area contributed by atoms with Crippen LogP contribution in [-0.4, -0.2) is 26.8 Å². The van der Waals surface area contributed by atoms with Crippen molar-refractivity contribution < 1.29 is 4.39 Å². The maximum absolute atomic E-state index is 12.9. The zero-order valence-corrected chi connectivity index (χ0v) is 8.40. The Balaban J connectivity index is 2.49. The minimum atomic E-state index is -0.387. The molecule has 0 aliphatic rings. The van der Waals surface area contributed by atoms with Gasteiger partial charge < -0.3 is 5.32 Å². The summed E-state index contributed by atoms with van der Waals surface area (Å²) in [7, 11) is 3.55. The molecule has 0 unspecified atom stereocenters. The molecule has 0 aromatic carbocycles. The molecule has 0 aliphatic heterocycles. The van der Waals surface area contributed by atoms with E-state index < -0.39 is 0 Å². The first-order valence-electron chi connectivity index (χ1n) is 4.40. The molecule has 0 atom stereocenters. The highest BCUT2D eigenvalue weighted by molar-refractivity contribution is 5.55. The fraction of sp³-hybridized carbons (Fsp3) is 0.222. The van der Waals surface area contributed by atoms with Crippen molar-refractivity contribution >= 4 is 5.95 Å². The third-order valence-corrected chi connectivity index (χ3v) is 2.06. The summed E-state index contributed by atoms with van der Waals surface area (Å²) in [5.74, 6) is 0.808. The van der Waals surface area contributed by atoms with Crippen LogP contribution in [-0.2, 0) is 7.05 Å². The molecule has 0 saturated heterocycles. The molecule has 2 aromatic heterocycles. The smallest absolute Gasteiger partial charge is 0.224 e. The van der Waals surface area contributed by atoms with Gasteiger partial charge in [-0.25, -0.2) is 4.39 Å². The number of anilines is 1. The zero-order valence-electron chi connectivity index (χ0n) is 8.40. The maximum Gasteiger partial charge on any atom is 0.224 e. The summed E-state index contributed by atoms with van der Waals surface area (Å²) >= 11 is 0. The number of halogens is 1. The molecule has 78 valence electrons. The van der Waals surface area contributed by atoms with Crippen LogP contribution in [0.2, 0.25) is 0 Å². The van der Waals surface area contributed by atoms with E-state index in [1.807, 2.05) is 0 Å². The van der Waals surface area contributed by atoms with Gasteiger partial charge in [-0.15, -0.1) is 10.2 Å². The summed E-state index contributed by atoms with van der Waals surface area (Å²) < 4.78 is 14.7. The average Bonchev–Trinajstić information content (AvgIpc) is 2.59. The van der Waals surface area contributed by atoms with Crippen LogP contribution < -0.4 is 5.32 Å². The number of pyridine rings is 1. The molecule has 15 heavy (non-hydrogen) atoms. The molecular formula is C9H10FN5. The van der Waals surface area contributed by atoms with Gasteiger partial charge in [0.05, 0.1) is 6.20 Å². The van der Waals surface area contributed by atoms with Crippen LogP contribution in [0, 0.1) is 5.82 Å². The highest BCUT2D eigenvalue weighted by Gasteiger charge is 2.09. The van der Waals surface area contributed by atoms with Crippen LogP contribution in [0.5, 0.6) is 0 Å². The Kier molecular flexibility index (Phi) is 2.32. The van der Waals surface area contributed by atoms with Gasteiger partial charge in [-0.2, -0.15) is 0 Å². The lowest BCUT2D eigenvalue weighted by molar-refractivity contribution is 0.621. The van der Waals surface area contributed by atoms with Gasteiger partial charge >= 0.3 is 0 Å². The minimum Gasteiger partial charge on any atom is -0.357 e. The number of nitrogens with zero attached hydrogens (tertiary/aromatic N) is 4. The summed E-state index contributed by atoms with van der Waals surface area (Å²) in [6.07, 6.45) is 2.70. The number of hydrogen-bond donors (Lipinski definition) is 1. The topological polar surface area (TPSA) is 55.6 Å². The third-order valence-electron chi connectivity index (χ3n) is 2.06. The fourth-order valence-electron chi connectivity index (χ4n) is 1.33. The van der Waals surface area contributed by atoms with E-state index in [9.17, 15) is 4.39 Å². The highest BCUT2D eigenvalue weighted by Crippen LogP contribution is 2.18. The lowest BCUT2D eigenvalue weighted by Crippen LogP contribution is -2.00. The predicted octanol–water partition coefficient (Wildman–Crippen LogP) is 1.06. The Labute approximate surface area is 86.0 Å². The van der Waals surface area contributed by atoms with E-state index in [2.05, 4.69) is 20.5 Å². The van der Waals surface area contributed by atoms with Crippen LogP contribution in [0.3, 0.4) is 0 Å². The summed E-state index contributed by atoms with van der Waals surface area (Å²) in [6, 6.07) is 1.37. The van der Waals surface area contributed by atoms with Gasteiger partial charge in [0.2, 0.25) is 5.95 Å². The van der Waals surface area contributed by atoms with E-state index in [4.69, 9.17) is 0 Å². The Morgan fingerprint density at radius 2 is 2.13 bits per heavy atom. The van der Waals surface area contributed by atoms with E-state index in [1.165, 1.54) is 6.07 Å². The molecule has 0 saturated carbocycles. The summed E-state index contributed by atoms with van der Waals surface area (Å²) in [5, 5.41) is 10.7.